The Morgan fingerprint density at radius 1 is 1.38 bits per heavy atom. The number of carbonyl (C=O) groups excluding carboxylic acids is 1. The predicted octanol–water partition coefficient (Wildman–Crippen LogP) is 3.35. The number of rotatable bonds is 2. The number of alkyl halides is 3. The molecule has 0 spiro atoms. The zero-order valence-corrected chi connectivity index (χ0v) is 13.0. The summed E-state index contributed by atoms with van der Waals surface area (Å²) in [4.78, 5) is 15.7. The first-order valence-electron chi connectivity index (χ1n) is 7.59. The van der Waals surface area contributed by atoms with E-state index in [9.17, 15) is 18.0 Å². The highest BCUT2D eigenvalue weighted by molar-refractivity contribution is 5.89. The molecule has 24 heavy (non-hydrogen) atoms. The number of carbonyl (C=O) groups is 1. The SMILES string of the molecule is Cc1cccc(NC(=O)NC2CCc3nc(C(F)(F)F)cn3C2)c1. The van der Waals surface area contributed by atoms with Crippen LogP contribution in [-0.2, 0) is 19.1 Å². The lowest BCUT2D eigenvalue weighted by Crippen LogP contribution is -2.42. The van der Waals surface area contributed by atoms with Gasteiger partial charge in [0.05, 0.1) is 0 Å². The van der Waals surface area contributed by atoms with Gasteiger partial charge in [0.1, 0.15) is 5.82 Å². The van der Waals surface area contributed by atoms with Crippen molar-refractivity contribution in [2.45, 2.75) is 38.5 Å². The van der Waals surface area contributed by atoms with Crippen molar-refractivity contribution in [3.63, 3.8) is 0 Å². The van der Waals surface area contributed by atoms with Gasteiger partial charge in [0.25, 0.3) is 0 Å². The first kappa shape index (κ1) is 16.4. The third-order valence-corrected chi connectivity index (χ3v) is 3.89. The molecule has 0 radical (unpaired) electrons. The molecule has 2 amide bonds. The third-order valence-electron chi connectivity index (χ3n) is 3.89. The van der Waals surface area contributed by atoms with E-state index in [-0.39, 0.29) is 18.6 Å². The Bertz CT molecular complexity index is 754. The van der Waals surface area contributed by atoms with Crippen molar-refractivity contribution in [2.24, 2.45) is 0 Å². The Morgan fingerprint density at radius 2 is 2.17 bits per heavy atom. The second kappa shape index (κ2) is 6.18. The van der Waals surface area contributed by atoms with E-state index >= 15 is 0 Å². The number of nitrogens with zero attached hydrogens (tertiary/aromatic N) is 2. The lowest BCUT2D eigenvalue weighted by Gasteiger charge is -2.24. The summed E-state index contributed by atoms with van der Waals surface area (Å²) in [5, 5.41) is 5.52. The van der Waals surface area contributed by atoms with Gasteiger partial charge in [-0.15, -0.1) is 0 Å². The van der Waals surface area contributed by atoms with Crippen LogP contribution in [0.4, 0.5) is 23.7 Å². The summed E-state index contributed by atoms with van der Waals surface area (Å²) in [5.41, 5.74) is 0.807. The zero-order chi connectivity index (χ0) is 17.3. The molecule has 5 nitrogen and oxygen atoms in total. The number of fused-ring (bicyclic) bond motifs is 1. The molecule has 128 valence electrons. The van der Waals surface area contributed by atoms with Crippen LogP contribution in [0, 0.1) is 6.92 Å². The Labute approximate surface area is 136 Å². The topological polar surface area (TPSA) is 59.0 Å². The average molecular weight is 338 g/mol. The summed E-state index contributed by atoms with van der Waals surface area (Å²) in [6, 6.07) is 6.76. The van der Waals surface area contributed by atoms with E-state index in [4.69, 9.17) is 0 Å². The maximum absolute atomic E-state index is 12.7. The van der Waals surface area contributed by atoms with Crippen LogP contribution in [0.25, 0.3) is 0 Å². The van der Waals surface area contributed by atoms with Gasteiger partial charge in [0.15, 0.2) is 5.69 Å². The van der Waals surface area contributed by atoms with Crippen LogP contribution >= 0.6 is 0 Å². The molecule has 1 aliphatic heterocycles. The first-order chi connectivity index (χ1) is 11.3. The van der Waals surface area contributed by atoms with Crippen molar-refractivity contribution in [3.05, 3.63) is 47.5 Å². The van der Waals surface area contributed by atoms with Gasteiger partial charge in [-0.3, -0.25) is 0 Å². The van der Waals surface area contributed by atoms with E-state index in [0.29, 0.717) is 24.4 Å². The number of benzene rings is 1. The zero-order valence-electron chi connectivity index (χ0n) is 13.0. The molecule has 0 bridgehead atoms. The fourth-order valence-electron chi connectivity index (χ4n) is 2.77. The number of hydrogen-bond acceptors (Lipinski definition) is 2. The summed E-state index contributed by atoms with van der Waals surface area (Å²) in [6.45, 7) is 2.20. The van der Waals surface area contributed by atoms with E-state index in [0.717, 1.165) is 11.8 Å². The monoisotopic (exact) mass is 338 g/mol. The average Bonchev–Trinajstić information content (AvgIpc) is 2.90. The number of urea groups is 1. The molecular formula is C16H17F3N4O. The molecule has 8 heteroatoms. The van der Waals surface area contributed by atoms with Crippen LogP contribution in [0.5, 0.6) is 0 Å². The minimum absolute atomic E-state index is 0.238. The highest BCUT2D eigenvalue weighted by Crippen LogP contribution is 2.29. The van der Waals surface area contributed by atoms with Gasteiger partial charge in [0.2, 0.25) is 0 Å². The fourth-order valence-corrected chi connectivity index (χ4v) is 2.77. The number of imidazole rings is 1. The summed E-state index contributed by atoms with van der Waals surface area (Å²) in [7, 11) is 0. The lowest BCUT2D eigenvalue weighted by molar-refractivity contribution is -0.141. The van der Waals surface area contributed by atoms with Gasteiger partial charge in [-0.1, -0.05) is 12.1 Å². The maximum Gasteiger partial charge on any atom is 0.434 e. The molecule has 0 saturated carbocycles. The van der Waals surface area contributed by atoms with Crippen LogP contribution < -0.4 is 10.6 Å². The quantitative estimate of drug-likeness (QED) is 0.882. The molecule has 0 saturated heterocycles. The molecule has 0 aliphatic carbocycles. The van der Waals surface area contributed by atoms with Gasteiger partial charge in [-0.25, -0.2) is 9.78 Å². The Kier molecular flexibility index (Phi) is 4.21. The first-order valence-corrected chi connectivity index (χ1v) is 7.59. The highest BCUT2D eigenvalue weighted by Gasteiger charge is 2.35. The maximum atomic E-state index is 12.7. The highest BCUT2D eigenvalue weighted by atomic mass is 19.4. The molecule has 1 unspecified atom stereocenters. The Balaban J connectivity index is 1.61. The van der Waals surface area contributed by atoms with E-state index in [1.165, 1.54) is 4.57 Å². The molecule has 1 aliphatic rings. The van der Waals surface area contributed by atoms with Crippen molar-refractivity contribution in [2.75, 3.05) is 5.32 Å². The molecule has 1 aromatic heterocycles. The minimum Gasteiger partial charge on any atom is -0.333 e. The summed E-state index contributed by atoms with van der Waals surface area (Å²) < 4.78 is 39.6. The smallest absolute Gasteiger partial charge is 0.333 e. The molecule has 2 aromatic rings. The number of anilines is 1. The van der Waals surface area contributed by atoms with Crippen LogP contribution in [0.2, 0.25) is 0 Å². The van der Waals surface area contributed by atoms with Gasteiger partial charge in [-0.2, -0.15) is 13.2 Å². The van der Waals surface area contributed by atoms with Crippen molar-refractivity contribution in [1.82, 2.24) is 14.9 Å². The van der Waals surface area contributed by atoms with Crippen molar-refractivity contribution < 1.29 is 18.0 Å². The molecule has 2 N–H and O–H groups in total. The molecule has 3 rings (SSSR count). The number of nitrogens with one attached hydrogen (secondary N) is 2. The number of amides is 2. The summed E-state index contributed by atoms with van der Waals surface area (Å²) in [6.07, 6.45) is -2.50. The van der Waals surface area contributed by atoms with Crippen LogP contribution in [-0.4, -0.2) is 21.6 Å². The number of aromatic nitrogens is 2. The Hall–Kier alpha value is -2.51. The van der Waals surface area contributed by atoms with Crippen LogP contribution in [0.1, 0.15) is 23.5 Å². The van der Waals surface area contributed by atoms with E-state index in [1.54, 1.807) is 6.07 Å². The number of halogens is 3. The fraction of sp³-hybridized carbons (Fsp3) is 0.375. The Morgan fingerprint density at radius 3 is 2.88 bits per heavy atom. The van der Waals surface area contributed by atoms with Crippen LogP contribution in [0.3, 0.4) is 0 Å². The molecule has 2 heterocycles. The van der Waals surface area contributed by atoms with Crippen LogP contribution in [0.15, 0.2) is 30.5 Å². The number of hydrogen-bond donors (Lipinski definition) is 2. The summed E-state index contributed by atoms with van der Waals surface area (Å²) >= 11 is 0. The second-order valence-corrected chi connectivity index (χ2v) is 5.90. The largest absolute Gasteiger partial charge is 0.434 e. The third kappa shape index (κ3) is 3.69. The van der Waals surface area contributed by atoms with Crippen molar-refractivity contribution in [1.29, 1.82) is 0 Å². The summed E-state index contributed by atoms with van der Waals surface area (Å²) in [5.74, 6) is 0.402. The van der Waals surface area contributed by atoms with Gasteiger partial charge in [0, 0.05) is 30.9 Å². The van der Waals surface area contributed by atoms with Crippen molar-refractivity contribution in [3.8, 4) is 0 Å². The predicted molar refractivity (Wildman–Crippen MR) is 82.7 cm³/mol. The number of aryl methyl sites for hydroxylation is 2. The van der Waals surface area contributed by atoms with E-state index < -0.39 is 11.9 Å². The molecule has 1 atom stereocenters. The normalized spacial score (nSPS) is 17.2. The molecular weight excluding hydrogens is 321 g/mol. The molecule has 1 aromatic carbocycles. The van der Waals surface area contributed by atoms with Gasteiger partial charge < -0.3 is 15.2 Å². The second-order valence-electron chi connectivity index (χ2n) is 5.90. The lowest BCUT2D eigenvalue weighted by atomic mass is 10.1. The van der Waals surface area contributed by atoms with Crippen molar-refractivity contribution >= 4 is 11.7 Å². The van der Waals surface area contributed by atoms with E-state index in [2.05, 4.69) is 15.6 Å². The van der Waals surface area contributed by atoms with E-state index in [1.807, 2.05) is 25.1 Å². The molecule has 0 fully saturated rings. The minimum atomic E-state index is -4.45. The van der Waals surface area contributed by atoms with Gasteiger partial charge >= 0.3 is 12.2 Å². The van der Waals surface area contributed by atoms with Gasteiger partial charge in [-0.05, 0) is 31.0 Å². The standard InChI is InChI=1S/C16H17F3N4O/c1-10-3-2-4-11(7-10)20-15(24)21-12-5-6-14-22-13(16(17,18)19)9-23(14)8-12/h2-4,7,9,12H,5-6,8H2,1H3,(H2,20,21,24).